The minimum absolute atomic E-state index is 0.188. The number of nitrogens with zero attached hydrogens (tertiary/aromatic N) is 1. The summed E-state index contributed by atoms with van der Waals surface area (Å²) in [7, 11) is 0. The van der Waals surface area contributed by atoms with E-state index in [-0.39, 0.29) is 5.41 Å². The molecule has 0 saturated heterocycles. The molecule has 57 heavy (non-hydrogen) atoms. The zero-order chi connectivity index (χ0) is 37.8. The number of rotatable bonds is 5. The van der Waals surface area contributed by atoms with E-state index < -0.39 is 0 Å². The Hall–Kier alpha value is -6.90. The van der Waals surface area contributed by atoms with Crippen molar-refractivity contribution in [1.29, 1.82) is 0 Å². The lowest BCUT2D eigenvalue weighted by Crippen LogP contribution is -2.17. The van der Waals surface area contributed by atoms with Crippen molar-refractivity contribution in [2.24, 2.45) is 0 Å². The van der Waals surface area contributed by atoms with Crippen LogP contribution >= 0.6 is 0 Å². The summed E-state index contributed by atoms with van der Waals surface area (Å²) in [5, 5.41) is 10.2. The number of hydrogen-bond donors (Lipinski definition) is 0. The number of para-hydroxylation sites is 1. The molecule has 10 aromatic carbocycles. The molecule has 2 aliphatic rings. The highest BCUT2D eigenvalue weighted by molar-refractivity contribution is 6.35. The lowest BCUT2D eigenvalue weighted by molar-refractivity contribution is 0.358. The Balaban J connectivity index is 1.23. The second-order valence-corrected chi connectivity index (χ2v) is 16.3. The molecule has 12 rings (SSSR count). The molecule has 270 valence electrons. The maximum Gasteiger partial charge on any atom is 0.130 e. The van der Waals surface area contributed by atoms with Crippen LogP contribution in [0.3, 0.4) is 0 Å². The Morgan fingerprint density at radius 2 is 1.12 bits per heavy atom. The molecule has 2 heteroatoms. The van der Waals surface area contributed by atoms with E-state index in [0.29, 0.717) is 6.61 Å². The molecule has 0 bridgehead atoms. The van der Waals surface area contributed by atoms with Gasteiger partial charge in [0.05, 0.1) is 18.0 Å². The predicted molar refractivity (Wildman–Crippen MR) is 240 cm³/mol. The molecule has 0 amide bonds. The summed E-state index contributed by atoms with van der Waals surface area (Å²) in [6.07, 6.45) is 0.922. The number of ether oxygens (including phenoxy) is 1. The summed E-state index contributed by atoms with van der Waals surface area (Å²) in [5.74, 6) is 1.00. The lowest BCUT2D eigenvalue weighted by Gasteiger charge is -2.32. The molecule has 1 aliphatic carbocycles. The van der Waals surface area contributed by atoms with E-state index in [2.05, 4.69) is 195 Å². The van der Waals surface area contributed by atoms with Crippen LogP contribution in [-0.2, 0) is 11.8 Å². The molecule has 1 aliphatic heterocycles. The largest absolute Gasteiger partial charge is 0.492 e. The van der Waals surface area contributed by atoms with Crippen LogP contribution in [0.4, 0.5) is 17.1 Å². The van der Waals surface area contributed by atoms with Crippen LogP contribution in [0.2, 0.25) is 0 Å². The first-order chi connectivity index (χ1) is 28.0. The summed E-state index contributed by atoms with van der Waals surface area (Å²) in [5.41, 5.74) is 14.5. The Labute approximate surface area is 332 Å². The summed E-state index contributed by atoms with van der Waals surface area (Å²) in [6.45, 7) is 5.47. The summed E-state index contributed by atoms with van der Waals surface area (Å²) in [4.78, 5) is 2.55. The minimum Gasteiger partial charge on any atom is -0.492 e. The van der Waals surface area contributed by atoms with E-state index >= 15 is 0 Å². The lowest BCUT2D eigenvalue weighted by atomic mass is 9.81. The zero-order valence-electron chi connectivity index (χ0n) is 32.0. The molecule has 0 N–H and O–H groups in total. The van der Waals surface area contributed by atoms with Gasteiger partial charge in [0.2, 0.25) is 0 Å². The van der Waals surface area contributed by atoms with E-state index in [9.17, 15) is 0 Å². The van der Waals surface area contributed by atoms with Crippen LogP contribution < -0.4 is 9.64 Å². The summed E-state index contributed by atoms with van der Waals surface area (Å²) >= 11 is 0. The second-order valence-electron chi connectivity index (χ2n) is 16.3. The Bertz CT molecular complexity index is 3230. The third-order valence-corrected chi connectivity index (χ3v) is 12.9. The van der Waals surface area contributed by atoms with Gasteiger partial charge in [-0.3, -0.25) is 0 Å². The van der Waals surface area contributed by atoms with Crippen molar-refractivity contribution >= 4 is 60.2 Å². The molecular weight excluding hydrogens is 691 g/mol. The zero-order valence-corrected chi connectivity index (χ0v) is 32.0. The highest BCUT2D eigenvalue weighted by Crippen LogP contribution is 2.56. The fraction of sp³-hybridized carbons (Fsp3) is 0.0909. The molecule has 10 aromatic rings. The Kier molecular flexibility index (Phi) is 6.84. The molecule has 1 heterocycles. The fourth-order valence-electron chi connectivity index (χ4n) is 10.2. The number of anilines is 3. The van der Waals surface area contributed by atoms with E-state index in [1.165, 1.54) is 87.6 Å². The maximum atomic E-state index is 6.51. The maximum absolute atomic E-state index is 6.51. The first kappa shape index (κ1) is 32.4. The van der Waals surface area contributed by atoms with Gasteiger partial charge in [-0.2, -0.15) is 0 Å². The smallest absolute Gasteiger partial charge is 0.130 e. The van der Waals surface area contributed by atoms with Crippen LogP contribution in [0.5, 0.6) is 5.75 Å². The van der Waals surface area contributed by atoms with E-state index in [1.807, 2.05) is 0 Å². The van der Waals surface area contributed by atoms with Crippen molar-refractivity contribution in [3.63, 3.8) is 0 Å². The van der Waals surface area contributed by atoms with Crippen molar-refractivity contribution in [2.75, 3.05) is 11.5 Å². The molecule has 0 fully saturated rings. The van der Waals surface area contributed by atoms with Gasteiger partial charge in [-0.1, -0.05) is 159 Å². The first-order valence-electron chi connectivity index (χ1n) is 20.1. The van der Waals surface area contributed by atoms with Crippen LogP contribution in [0.15, 0.2) is 176 Å². The van der Waals surface area contributed by atoms with Crippen molar-refractivity contribution in [3.8, 4) is 39.1 Å². The van der Waals surface area contributed by atoms with Gasteiger partial charge in [-0.15, -0.1) is 0 Å². The molecular formula is C55H39NO. The standard InChI is InChI=1S/C55H39NO/c1-55(2)47-23-7-6-18-40(47)45-32-46(43-21-11-17-38-30-31-57-54(38)43)50(33-48(45)55)56(39-27-24-35(25-28-39)34-12-4-3-5-13-34)49-29-26-37-16-9-20-42-41-19-8-14-36-15-10-22-44(51(36)41)53(49)52(37)42/h3-29,32-33H,30-31H2,1-2H3. The van der Waals surface area contributed by atoms with Gasteiger partial charge >= 0.3 is 0 Å². The highest BCUT2D eigenvalue weighted by Gasteiger charge is 2.38. The number of fused-ring (bicyclic) bond motifs is 6. The van der Waals surface area contributed by atoms with Crippen molar-refractivity contribution in [3.05, 3.63) is 193 Å². The second kappa shape index (κ2) is 12.0. The highest BCUT2D eigenvalue weighted by atomic mass is 16.5. The third-order valence-electron chi connectivity index (χ3n) is 12.9. The monoisotopic (exact) mass is 729 g/mol. The molecule has 0 aromatic heterocycles. The molecule has 0 atom stereocenters. The molecule has 0 spiro atoms. The minimum atomic E-state index is -0.188. The summed E-state index contributed by atoms with van der Waals surface area (Å²) in [6, 6.07) is 65.5. The van der Waals surface area contributed by atoms with Gasteiger partial charge < -0.3 is 9.64 Å². The normalized spacial score (nSPS) is 13.9. The predicted octanol–water partition coefficient (Wildman–Crippen LogP) is 14.8. The SMILES string of the molecule is CC1(C)c2ccccc2-c2cc(-c3cccc4c3OCC4)c(N(c3ccc(-c4ccccc4)cc3)c3ccc4cccc5c6cccc7cccc(c3c45)c76)cc21. The van der Waals surface area contributed by atoms with Crippen molar-refractivity contribution < 1.29 is 4.74 Å². The van der Waals surface area contributed by atoms with E-state index in [4.69, 9.17) is 4.74 Å². The van der Waals surface area contributed by atoms with Gasteiger partial charge in [-0.05, 0) is 107 Å². The quantitative estimate of drug-likeness (QED) is 0.129. The summed E-state index contributed by atoms with van der Waals surface area (Å²) < 4.78 is 6.51. The third kappa shape index (κ3) is 4.65. The van der Waals surface area contributed by atoms with Crippen LogP contribution in [0.1, 0.15) is 30.5 Å². The van der Waals surface area contributed by atoms with Crippen molar-refractivity contribution in [1.82, 2.24) is 0 Å². The van der Waals surface area contributed by atoms with Crippen molar-refractivity contribution in [2.45, 2.75) is 25.7 Å². The average molecular weight is 730 g/mol. The molecule has 0 saturated carbocycles. The number of benzene rings is 10. The van der Waals surface area contributed by atoms with Gasteiger partial charge in [0.25, 0.3) is 0 Å². The molecule has 0 unspecified atom stereocenters. The fourth-order valence-corrected chi connectivity index (χ4v) is 10.2. The van der Waals surface area contributed by atoms with Gasteiger partial charge in [0.15, 0.2) is 0 Å². The Morgan fingerprint density at radius 1 is 0.456 bits per heavy atom. The number of hydrogen-bond acceptors (Lipinski definition) is 2. The van der Waals surface area contributed by atoms with Gasteiger partial charge in [0, 0.05) is 34.0 Å². The van der Waals surface area contributed by atoms with Gasteiger partial charge in [0.1, 0.15) is 5.75 Å². The average Bonchev–Trinajstić information content (AvgIpc) is 3.83. The molecule has 2 nitrogen and oxygen atoms in total. The van der Waals surface area contributed by atoms with E-state index in [1.54, 1.807) is 0 Å². The van der Waals surface area contributed by atoms with Crippen LogP contribution in [0, 0.1) is 0 Å². The first-order valence-corrected chi connectivity index (χ1v) is 20.1. The van der Waals surface area contributed by atoms with Gasteiger partial charge in [-0.25, -0.2) is 0 Å². The Morgan fingerprint density at radius 3 is 1.93 bits per heavy atom. The van der Waals surface area contributed by atoms with Crippen LogP contribution in [0.25, 0.3) is 76.5 Å². The topological polar surface area (TPSA) is 12.5 Å². The molecule has 0 radical (unpaired) electrons. The van der Waals surface area contributed by atoms with E-state index in [0.717, 1.165) is 34.8 Å². The van der Waals surface area contributed by atoms with Crippen LogP contribution in [-0.4, -0.2) is 6.61 Å².